The van der Waals surface area contributed by atoms with Gasteiger partial charge in [-0.1, -0.05) is 0 Å². The molecule has 0 saturated carbocycles. The van der Waals surface area contributed by atoms with Crippen LogP contribution in [0.15, 0.2) is 0 Å². The highest BCUT2D eigenvalue weighted by atomic mass is 19.1. The second-order valence-corrected chi connectivity index (χ2v) is 3.52. The first kappa shape index (κ1) is 9.45. The monoisotopic (exact) mass is 174 g/mol. The van der Waals surface area contributed by atoms with Crippen LogP contribution in [0, 0.1) is 0 Å². The molecule has 0 aliphatic carbocycles. The van der Waals surface area contributed by atoms with Crippen molar-refractivity contribution in [1.82, 2.24) is 9.80 Å². The van der Waals surface area contributed by atoms with E-state index in [0.717, 1.165) is 0 Å². The van der Waals surface area contributed by atoms with Gasteiger partial charge in [-0.25, -0.2) is 4.39 Å². The van der Waals surface area contributed by atoms with Gasteiger partial charge in [-0.2, -0.15) is 0 Å². The Morgan fingerprint density at radius 1 is 1.58 bits per heavy atom. The average Bonchev–Trinajstić information content (AvgIpc) is 2.28. The van der Waals surface area contributed by atoms with Crippen molar-refractivity contribution in [3.8, 4) is 0 Å². The van der Waals surface area contributed by atoms with Gasteiger partial charge in [0, 0.05) is 27.1 Å². The van der Waals surface area contributed by atoms with Gasteiger partial charge in [0.25, 0.3) is 0 Å². The van der Waals surface area contributed by atoms with E-state index in [4.69, 9.17) is 0 Å². The lowest BCUT2D eigenvalue weighted by atomic mass is 10.2. The van der Waals surface area contributed by atoms with E-state index in [1.54, 1.807) is 26.0 Å². The molecular weight excluding hydrogens is 159 g/mol. The number of likely N-dealkylation sites (tertiary alicyclic amines) is 1. The van der Waals surface area contributed by atoms with E-state index in [0.29, 0.717) is 13.0 Å². The fourth-order valence-electron chi connectivity index (χ4n) is 1.52. The van der Waals surface area contributed by atoms with Gasteiger partial charge in [-0.15, -0.1) is 0 Å². The summed E-state index contributed by atoms with van der Waals surface area (Å²) in [5.74, 6) is -0.00218. The number of hydrogen-bond acceptors (Lipinski definition) is 2. The van der Waals surface area contributed by atoms with Crippen molar-refractivity contribution in [3.63, 3.8) is 0 Å². The fourth-order valence-corrected chi connectivity index (χ4v) is 1.52. The van der Waals surface area contributed by atoms with Gasteiger partial charge < -0.3 is 4.90 Å². The Balaban J connectivity index is 2.58. The summed E-state index contributed by atoms with van der Waals surface area (Å²) in [6, 6.07) is -0.255. The standard InChI is InChI=1S/C8H15FN2O/c1-10(2)8(12)7-4-6(9)5-11(7)3/h6-7H,4-5H2,1-3H3/t6-,7+/m1/s1. The molecule has 0 aromatic heterocycles. The first-order chi connectivity index (χ1) is 5.52. The number of hydrogen-bond donors (Lipinski definition) is 0. The molecule has 0 aromatic rings. The number of alkyl halides is 1. The van der Waals surface area contributed by atoms with Crippen molar-refractivity contribution >= 4 is 5.91 Å². The van der Waals surface area contributed by atoms with Crippen LogP contribution in [0.25, 0.3) is 0 Å². The van der Waals surface area contributed by atoms with Crippen molar-refractivity contribution in [2.24, 2.45) is 0 Å². The molecule has 0 spiro atoms. The fraction of sp³-hybridized carbons (Fsp3) is 0.875. The molecule has 12 heavy (non-hydrogen) atoms. The quantitative estimate of drug-likeness (QED) is 0.563. The number of carbonyl (C=O) groups excluding carboxylic acids is 1. The minimum atomic E-state index is -0.844. The topological polar surface area (TPSA) is 23.6 Å². The maximum absolute atomic E-state index is 12.8. The van der Waals surface area contributed by atoms with Crippen LogP contribution in [0.5, 0.6) is 0 Å². The summed E-state index contributed by atoms with van der Waals surface area (Å²) in [6.07, 6.45) is -0.503. The van der Waals surface area contributed by atoms with Crippen LogP contribution >= 0.6 is 0 Å². The lowest BCUT2D eigenvalue weighted by Crippen LogP contribution is -2.40. The lowest BCUT2D eigenvalue weighted by molar-refractivity contribution is -0.132. The number of likely N-dealkylation sites (N-methyl/N-ethyl adjacent to an activating group) is 2. The van der Waals surface area contributed by atoms with Gasteiger partial charge in [-0.3, -0.25) is 9.69 Å². The van der Waals surface area contributed by atoms with Crippen LogP contribution in [0.3, 0.4) is 0 Å². The van der Waals surface area contributed by atoms with E-state index in [-0.39, 0.29) is 11.9 Å². The van der Waals surface area contributed by atoms with Crippen molar-refractivity contribution in [2.75, 3.05) is 27.7 Å². The predicted octanol–water partition coefficient (Wildman–Crippen LogP) is 0.117. The Kier molecular flexibility index (Phi) is 2.67. The van der Waals surface area contributed by atoms with Gasteiger partial charge in [0.1, 0.15) is 6.17 Å². The molecule has 1 fully saturated rings. The number of rotatable bonds is 1. The van der Waals surface area contributed by atoms with Gasteiger partial charge in [0.2, 0.25) is 5.91 Å². The van der Waals surface area contributed by atoms with Crippen LogP contribution in [0.4, 0.5) is 4.39 Å². The summed E-state index contributed by atoms with van der Waals surface area (Å²) in [5.41, 5.74) is 0. The molecule has 0 unspecified atom stereocenters. The van der Waals surface area contributed by atoms with Crippen LogP contribution < -0.4 is 0 Å². The molecule has 1 rings (SSSR count). The minimum Gasteiger partial charge on any atom is -0.347 e. The maximum Gasteiger partial charge on any atom is 0.239 e. The van der Waals surface area contributed by atoms with Crippen molar-refractivity contribution in [1.29, 1.82) is 0 Å². The van der Waals surface area contributed by atoms with Gasteiger partial charge in [0.15, 0.2) is 0 Å². The highest BCUT2D eigenvalue weighted by Crippen LogP contribution is 2.19. The van der Waals surface area contributed by atoms with E-state index < -0.39 is 6.17 Å². The zero-order valence-electron chi connectivity index (χ0n) is 7.75. The Bertz CT molecular complexity index is 184. The number of carbonyl (C=O) groups is 1. The Morgan fingerprint density at radius 2 is 2.17 bits per heavy atom. The highest BCUT2D eigenvalue weighted by molar-refractivity contribution is 5.81. The largest absolute Gasteiger partial charge is 0.347 e. The van der Waals surface area contributed by atoms with Crippen molar-refractivity contribution in [2.45, 2.75) is 18.6 Å². The Hall–Kier alpha value is -0.640. The third-order valence-electron chi connectivity index (χ3n) is 2.22. The molecule has 0 aromatic carbocycles. The summed E-state index contributed by atoms with van der Waals surface area (Å²) in [7, 11) is 5.18. The smallest absolute Gasteiger partial charge is 0.239 e. The second kappa shape index (κ2) is 3.39. The average molecular weight is 174 g/mol. The number of amides is 1. The normalized spacial score (nSPS) is 30.7. The molecule has 1 heterocycles. The number of halogens is 1. The summed E-state index contributed by atoms with van der Waals surface area (Å²) in [4.78, 5) is 14.7. The minimum absolute atomic E-state index is 0.00218. The van der Waals surface area contributed by atoms with E-state index in [1.165, 1.54) is 4.90 Å². The molecule has 3 nitrogen and oxygen atoms in total. The van der Waals surface area contributed by atoms with Crippen molar-refractivity contribution in [3.05, 3.63) is 0 Å². The first-order valence-corrected chi connectivity index (χ1v) is 4.08. The van der Waals surface area contributed by atoms with Crippen LogP contribution in [-0.2, 0) is 4.79 Å². The molecule has 2 atom stereocenters. The van der Waals surface area contributed by atoms with Gasteiger partial charge in [0.05, 0.1) is 6.04 Å². The zero-order chi connectivity index (χ0) is 9.30. The zero-order valence-corrected chi connectivity index (χ0v) is 7.75. The Labute approximate surface area is 72.1 Å². The SMILES string of the molecule is CN(C)C(=O)[C@@H]1C[C@@H](F)CN1C. The first-order valence-electron chi connectivity index (χ1n) is 4.08. The molecule has 1 amide bonds. The van der Waals surface area contributed by atoms with Gasteiger partial charge in [-0.05, 0) is 7.05 Å². The van der Waals surface area contributed by atoms with E-state index in [9.17, 15) is 9.18 Å². The van der Waals surface area contributed by atoms with Gasteiger partial charge >= 0.3 is 0 Å². The van der Waals surface area contributed by atoms with Crippen molar-refractivity contribution < 1.29 is 9.18 Å². The molecule has 4 heteroatoms. The summed E-state index contributed by atoms with van der Waals surface area (Å²) >= 11 is 0. The third kappa shape index (κ3) is 1.75. The molecule has 0 bridgehead atoms. The highest BCUT2D eigenvalue weighted by Gasteiger charge is 2.34. The van der Waals surface area contributed by atoms with Crippen LogP contribution in [-0.4, -0.2) is 55.6 Å². The number of nitrogens with zero attached hydrogens (tertiary/aromatic N) is 2. The molecule has 1 saturated heterocycles. The summed E-state index contributed by atoms with van der Waals surface area (Å²) in [5, 5.41) is 0. The second-order valence-electron chi connectivity index (χ2n) is 3.52. The molecule has 70 valence electrons. The predicted molar refractivity (Wildman–Crippen MR) is 44.6 cm³/mol. The van der Waals surface area contributed by atoms with E-state index in [2.05, 4.69) is 0 Å². The molecule has 0 N–H and O–H groups in total. The summed E-state index contributed by atoms with van der Waals surface area (Å²) in [6.45, 7) is 0.379. The van der Waals surface area contributed by atoms with Crippen LogP contribution in [0.1, 0.15) is 6.42 Å². The van der Waals surface area contributed by atoms with Crippen LogP contribution in [0.2, 0.25) is 0 Å². The van der Waals surface area contributed by atoms with E-state index >= 15 is 0 Å². The van der Waals surface area contributed by atoms with E-state index in [1.807, 2.05) is 0 Å². The molecule has 0 radical (unpaired) electrons. The summed E-state index contributed by atoms with van der Waals surface area (Å²) < 4.78 is 12.8. The molecule has 1 aliphatic heterocycles. The molecule has 1 aliphatic rings. The third-order valence-corrected chi connectivity index (χ3v) is 2.22. The maximum atomic E-state index is 12.8. The lowest BCUT2D eigenvalue weighted by Gasteiger charge is -2.21. The Morgan fingerprint density at radius 3 is 2.50 bits per heavy atom. The molecular formula is C8H15FN2O.